The predicted molar refractivity (Wildman–Crippen MR) is 141 cm³/mol. The third-order valence-electron chi connectivity index (χ3n) is 5.94. The minimum atomic E-state index is -1.33. The molecule has 4 nitrogen and oxygen atoms in total. The van der Waals surface area contributed by atoms with Crippen molar-refractivity contribution in [3.63, 3.8) is 0 Å². The first-order valence-corrected chi connectivity index (χ1v) is 12.4. The fourth-order valence-electron chi connectivity index (χ4n) is 4.16. The number of ketones is 1. The molecule has 0 aromatic heterocycles. The number of nitrogens with one attached hydrogen (secondary N) is 1. The number of benzene rings is 3. The molecule has 178 valence electrons. The minimum absolute atomic E-state index is 0.00557. The number of anilines is 1. The van der Waals surface area contributed by atoms with E-state index >= 15 is 0 Å². The lowest BCUT2D eigenvalue weighted by atomic mass is 9.96. The summed E-state index contributed by atoms with van der Waals surface area (Å²) in [5.74, 6) is -1.95. The van der Waals surface area contributed by atoms with Gasteiger partial charge in [-0.25, -0.2) is 0 Å². The Hall–Kier alpha value is -2.26. The molecule has 1 saturated carbocycles. The number of alkyl halides is 2. The highest BCUT2D eigenvalue weighted by Gasteiger charge is 2.67. The molecule has 1 aliphatic carbocycles. The highest BCUT2D eigenvalue weighted by molar-refractivity contribution is 6.53. The van der Waals surface area contributed by atoms with Gasteiger partial charge in [0.15, 0.2) is 5.78 Å². The Morgan fingerprint density at radius 3 is 2.37 bits per heavy atom. The summed E-state index contributed by atoms with van der Waals surface area (Å²) < 4.78 is -1.33. The van der Waals surface area contributed by atoms with Crippen molar-refractivity contribution in [3.8, 4) is 6.07 Å². The number of Topliss-reactive ketones (excluding diaryl/α,β-unsaturated/α-hetero) is 1. The lowest BCUT2D eigenvalue weighted by Crippen LogP contribution is -2.17. The van der Waals surface area contributed by atoms with Crippen molar-refractivity contribution in [3.05, 3.63) is 97.5 Å². The van der Waals surface area contributed by atoms with Crippen molar-refractivity contribution in [1.29, 1.82) is 5.26 Å². The molecule has 0 bridgehead atoms. The second-order valence-corrected chi connectivity index (χ2v) is 11.1. The van der Waals surface area contributed by atoms with E-state index in [1.807, 2.05) is 13.0 Å². The van der Waals surface area contributed by atoms with E-state index < -0.39 is 22.1 Å². The standard InChI is InChI=1S/C26H17Cl5N2O2/c1-13-3-2-4-14(20(13)12-32)9-22(34)19-11-18(5-6-21(19)29)33-25(35)24-23(26(24,30)31)15-7-16(27)10-17(28)8-15/h2-8,10-11,23-24H,9H2,1H3,(H,33,35). The average Bonchev–Trinajstić information content (AvgIpc) is 3.36. The van der Waals surface area contributed by atoms with Gasteiger partial charge in [0.1, 0.15) is 4.33 Å². The number of amides is 1. The lowest BCUT2D eigenvalue weighted by Gasteiger charge is -2.10. The van der Waals surface area contributed by atoms with Crippen molar-refractivity contribution >= 4 is 75.4 Å². The van der Waals surface area contributed by atoms with Crippen LogP contribution >= 0.6 is 58.0 Å². The fourth-order valence-corrected chi connectivity index (χ4v) is 5.76. The Morgan fingerprint density at radius 2 is 1.71 bits per heavy atom. The Labute approximate surface area is 227 Å². The molecule has 1 aliphatic rings. The van der Waals surface area contributed by atoms with Crippen LogP contribution < -0.4 is 5.32 Å². The van der Waals surface area contributed by atoms with Gasteiger partial charge in [-0.05, 0) is 60.0 Å². The first kappa shape index (κ1) is 25.8. The monoisotopic (exact) mass is 564 g/mol. The normalized spacial score (nSPS) is 18.0. The summed E-state index contributed by atoms with van der Waals surface area (Å²) in [6.45, 7) is 1.81. The van der Waals surface area contributed by atoms with Gasteiger partial charge in [-0.3, -0.25) is 9.59 Å². The number of halogens is 5. The third kappa shape index (κ3) is 5.31. The summed E-state index contributed by atoms with van der Waals surface area (Å²) in [5, 5.41) is 13.3. The highest BCUT2D eigenvalue weighted by Crippen LogP contribution is 2.65. The summed E-state index contributed by atoms with van der Waals surface area (Å²) in [7, 11) is 0. The molecule has 35 heavy (non-hydrogen) atoms. The summed E-state index contributed by atoms with van der Waals surface area (Å²) in [6.07, 6.45) is -0.00557. The Kier molecular flexibility index (Phi) is 7.38. The van der Waals surface area contributed by atoms with Gasteiger partial charge in [0.25, 0.3) is 0 Å². The topological polar surface area (TPSA) is 70.0 Å². The molecule has 4 rings (SSSR count). The first-order valence-electron chi connectivity index (χ1n) is 10.5. The largest absolute Gasteiger partial charge is 0.326 e. The second-order valence-electron chi connectivity index (χ2n) is 8.34. The zero-order valence-corrected chi connectivity index (χ0v) is 22.0. The summed E-state index contributed by atoms with van der Waals surface area (Å²) >= 11 is 31.3. The molecule has 3 aromatic carbocycles. The number of hydrogen-bond acceptors (Lipinski definition) is 3. The van der Waals surface area contributed by atoms with E-state index in [4.69, 9.17) is 58.0 Å². The molecule has 0 radical (unpaired) electrons. The predicted octanol–water partition coefficient (Wildman–Crippen LogP) is 7.78. The van der Waals surface area contributed by atoms with Gasteiger partial charge in [-0.1, -0.05) is 53.0 Å². The van der Waals surface area contributed by atoms with Crippen LogP contribution in [0.4, 0.5) is 5.69 Å². The Morgan fingerprint density at radius 1 is 1.03 bits per heavy atom. The van der Waals surface area contributed by atoms with Gasteiger partial charge in [0.05, 0.1) is 22.6 Å². The van der Waals surface area contributed by atoms with Gasteiger partial charge in [0.2, 0.25) is 5.91 Å². The van der Waals surface area contributed by atoms with Gasteiger partial charge >= 0.3 is 0 Å². The van der Waals surface area contributed by atoms with Crippen LogP contribution in [0.1, 0.15) is 38.5 Å². The van der Waals surface area contributed by atoms with Gasteiger partial charge in [-0.2, -0.15) is 5.26 Å². The maximum absolute atomic E-state index is 13.0. The van der Waals surface area contributed by atoms with Crippen LogP contribution in [-0.2, 0) is 11.2 Å². The minimum Gasteiger partial charge on any atom is -0.326 e. The average molecular weight is 567 g/mol. The Bertz CT molecular complexity index is 1380. The van der Waals surface area contributed by atoms with Crippen molar-refractivity contribution in [1.82, 2.24) is 0 Å². The molecule has 1 amide bonds. The van der Waals surface area contributed by atoms with E-state index in [9.17, 15) is 14.9 Å². The van der Waals surface area contributed by atoms with Crippen molar-refractivity contribution < 1.29 is 9.59 Å². The van der Waals surface area contributed by atoms with Gasteiger partial charge < -0.3 is 5.32 Å². The summed E-state index contributed by atoms with van der Waals surface area (Å²) in [5.41, 5.74) is 3.11. The molecular formula is C26H17Cl5N2O2. The maximum atomic E-state index is 13.0. The number of aryl methyl sites for hydroxylation is 1. The summed E-state index contributed by atoms with van der Waals surface area (Å²) in [6, 6.07) is 17.0. The number of carbonyl (C=O) groups is 2. The van der Waals surface area contributed by atoms with Crippen LogP contribution in [0.2, 0.25) is 15.1 Å². The maximum Gasteiger partial charge on any atom is 0.231 e. The molecule has 2 unspecified atom stereocenters. The molecule has 0 heterocycles. The van der Waals surface area contributed by atoms with Gasteiger partial charge in [-0.15, -0.1) is 23.2 Å². The SMILES string of the molecule is Cc1cccc(CC(=O)c2cc(NC(=O)C3C(c4cc(Cl)cc(Cl)c4)C3(Cl)Cl)ccc2Cl)c1C#N. The number of nitrogens with zero attached hydrogens (tertiary/aromatic N) is 1. The first-order chi connectivity index (χ1) is 16.5. The smallest absolute Gasteiger partial charge is 0.231 e. The van der Waals surface area contributed by atoms with Gasteiger partial charge in [0, 0.05) is 33.6 Å². The zero-order valence-electron chi connectivity index (χ0n) is 18.2. The van der Waals surface area contributed by atoms with E-state index in [1.54, 1.807) is 36.4 Å². The van der Waals surface area contributed by atoms with E-state index in [0.717, 1.165) is 5.56 Å². The van der Waals surface area contributed by atoms with E-state index in [0.29, 0.717) is 32.4 Å². The third-order valence-corrected chi connectivity index (χ3v) is 7.64. The highest BCUT2D eigenvalue weighted by atomic mass is 35.5. The molecule has 1 N–H and O–H groups in total. The summed E-state index contributed by atoms with van der Waals surface area (Å²) in [4.78, 5) is 26.1. The molecule has 9 heteroatoms. The molecule has 3 aromatic rings. The number of nitriles is 1. The van der Waals surface area contributed by atoms with E-state index in [2.05, 4.69) is 11.4 Å². The van der Waals surface area contributed by atoms with E-state index in [-0.39, 0.29) is 22.8 Å². The van der Waals surface area contributed by atoms with Crippen LogP contribution in [0.5, 0.6) is 0 Å². The Balaban J connectivity index is 1.53. The van der Waals surface area contributed by atoms with Crippen LogP contribution in [0.25, 0.3) is 0 Å². The van der Waals surface area contributed by atoms with Crippen LogP contribution in [0.15, 0.2) is 54.6 Å². The fraction of sp³-hybridized carbons (Fsp3) is 0.192. The van der Waals surface area contributed by atoms with Crippen molar-refractivity contribution in [2.45, 2.75) is 23.6 Å². The number of carbonyl (C=O) groups excluding carboxylic acids is 2. The van der Waals surface area contributed by atoms with Crippen molar-refractivity contribution in [2.75, 3.05) is 5.32 Å². The van der Waals surface area contributed by atoms with Crippen molar-refractivity contribution in [2.24, 2.45) is 5.92 Å². The number of hydrogen-bond donors (Lipinski definition) is 1. The molecule has 0 saturated heterocycles. The molecule has 0 spiro atoms. The molecule has 2 atom stereocenters. The van der Waals surface area contributed by atoms with Crippen LogP contribution in [0, 0.1) is 24.2 Å². The lowest BCUT2D eigenvalue weighted by molar-refractivity contribution is -0.117. The van der Waals surface area contributed by atoms with Crippen LogP contribution in [0.3, 0.4) is 0 Å². The van der Waals surface area contributed by atoms with E-state index in [1.165, 1.54) is 12.1 Å². The number of rotatable bonds is 6. The quantitative estimate of drug-likeness (QED) is 0.245. The molecular weight excluding hydrogens is 550 g/mol. The van der Waals surface area contributed by atoms with Crippen LogP contribution in [-0.4, -0.2) is 16.0 Å². The molecule has 1 fully saturated rings. The molecule has 0 aliphatic heterocycles. The zero-order chi connectivity index (χ0) is 25.5. The second kappa shape index (κ2) is 10.0.